The molecule has 1 unspecified atom stereocenters. The lowest BCUT2D eigenvalue weighted by molar-refractivity contribution is 0.352. The van der Waals surface area contributed by atoms with E-state index in [0.717, 1.165) is 65.5 Å². The van der Waals surface area contributed by atoms with Crippen molar-refractivity contribution in [1.29, 1.82) is 5.26 Å². The molecule has 0 saturated heterocycles. The summed E-state index contributed by atoms with van der Waals surface area (Å²) < 4.78 is 0. The van der Waals surface area contributed by atoms with Crippen molar-refractivity contribution in [2.75, 3.05) is 17.7 Å². The zero-order valence-electron chi connectivity index (χ0n) is 25.1. The third-order valence-corrected chi connectivity index (χ3v) is 8.55. The molecule has 0 fully saturated rings. The first-order valence-corrected chi connectivity index (χ1v) is 15.5. The van der Waals surface area contributed by atoms with Gasteiger partial charge < -0.3 is 20.5 Å². The Morgan fingerprint density at radius 3 is 2.56 bits per heavy atom. The van der Waals surface area contributed by atoms with Crippen LogP contribution in [0.15, 0.2) is 87.7 Å². The van der Waals surface area contributed by atoms with Gasteiger partial charge in [0.25, 0.3) is 0 Å². The van der Waals surface area contributed by atoms with Crippen LogP contribution in [0.25, 0.3) is 5.70 Å². The monoisotopic (exact) mass is 566 g/mol. The highest BCUT2D eigenvalue weighted by atomic mass is 32.2. The molecule has 3 aromatic rings. The number of aromatic nitrogens is 2. The molecule has 0 saturated carbocycles. The second-order valence-corrected chi connectivity index (χ2v) is 11.4. The molecule has 2 aromatic carbocycles. The lowest BCUT2D eigenvalue weighted by atomic mass is 9.97. The van der Waals surface area contributed by atoms with Crippen LogP contribution in [-0.4, -0.2) is 28.0 Å². The van der Waals surface area contributed by atoms with Crippen molar-refractivity contribution < 1.29 is 0 Å². The van der Waals surface area contributed by atoms with Crippen LogP contribution >= 0.6 is 11.8 Å². The number of aryl methyl sites for hydroxylation is 1. The second kappa shape index (κ2) is 14.1. The van der Waals surface area contributed by atoms with Crippen molar-refractivity contribution in [1.82, 2.24) is 14.9 Å². The molecule has 5 rings (SSSR count). The van der Waals surface area contributed by atoms with Crippen LogP contribution in [-0.2, 0) is 6.42 Å². The molecule has 1 aromatic heterocycles. The minimum absolute atomic E-state index is 0.562. The number of hydrogen-bond donors (Lipinski definition) is 3. The summed E-state index contributed by atoms with van der Waals surface area (Å²) in [6.45, 7) is 10.7. The molecule has 2 aliphatic heterocycles. The number of H-pyrrole nitrogens is 1. The first kappa shape index (κ1) is 30.1. The summed E-state index contributed by atoms with van der Waals surface area (Å²) >= 11 is 1.70. The number of nitrogens with one attached hydrogen (secondary N) is 3. The fourth-order valence-corrected chi connectivity index (χ4v) is 5.94. The summed E-state index contributed by atoms with van der Waals surface area (Å²) in [4.78, 5) is 10.9. The van der Waals surface area contributed by atoms with Gasteiger partial charge in [-0.15, -0.1) is 0 Å². The van der Waals surface area contributed by atoms with Crippen LogP contribution in [0, 0.1) is 11.3 Å². The van der Waals surface area contributed by atoms with Crippen molar-refractivity contribution in [3.63, 3.8) is 0 Å². The van der Waals surface area contributed by atoms with Crippen LogP contribution in [0.5, 0.6) is 0 Å². The van der Waals surface area contributed by atoms with Crippen molar-refractivity contribution in [3.05, 3.63) is 88.9 Å². The predicted molar refractivity (Wildman–Crippen MR) is 173 cm³/mol. The van der Waals surface area contributed by atoms with Crippen LogP contribution < -0.4 is 10.6 Å². The highest BCUT2D eigenvalue weighted by Crippen LogP contribution is 2.42. The van der Waals surface area contributed by atoms with Gasteiger partial charge >= 0.3 is 0 Å². The third-order valence-electron chi connectivity index (χ3n) is 7.47. The van der Waals surface area contributed by atoms with Gasteiger partial charge in [-0.3, -0.25) is 0 Å². The maximum atomic E-state index is 9.63. The van der Waals surface area contributed by atoms with Crippen LogP contribution in [0.2, 0.25) is 0 Å². The Morgan fingerprint density at radius 2 is 1.93 bits per heavy atom. The average molecular weight is 567 g/mol. The van der Waals surface area contributed by atoms with Crippen molar-refractivity contribution in [3.8, 4) is 6.07 Å². The van der Waals surface area contributed by atoms with Gasteiger partial charge in [0.2, 0.25) is 0 Å². The summed E-state index contributed by atoms with van der Waals surface area (Å²) in [5.41, 5.74) is 8.91. The van der Waals surface area contributed by atoms with E-state index in [0.29, 0.717) is 6.04 Å². The molecule has 0 radical (unpaired) electrons. The normalized spacial score (nSPS) is 16.0. The molecule has 214 valence electrons. The quantitative estimate of drug-likeness (QED) is 0.138. The topological polar surface area (TPSA) is 79.8 Å². The summed E-state index contributed by atoms with van der Waals surface area (Å²) in [6, 6.07) is 18.0. The lowest BCUT2D eigenvalue weighted by Crippen LogP contribution is -2.36. The number of nitrogens with zero attached hydrogens (tertiary/aromatic N) is 3. The largest absolute Gasteiger partial charge is 0.368 e. The van der Waals surface area contributed by atoms with Gasteiger partial charge in [0.05, 0.1) is 23.3 Å². The van der Waals surface area contributed by atoms with Crippen LogP contribution in [0.1, 0.15) is 71.4 Å². The van der Waals surface area contributed by atoms with E-state index in [-0.39, 0.29) is 0 Å². The van der Waals surface area contributed by atoms with Gasteiger partial charge in [0.1, 0.15) is 16.9 Å². The fourth-order valence-electron chi connectivity index (χ4n) is 5.06. The number of likely N-dealkylation sites (N-methyl/N-ethyl adjacent to an activating group) is 1. The molecule has 0 amide bonds. The number of anilines is 3. The highest BCUT2D eigenvalue weighted by molar-refractivity contribution is 7.99. The third kappa shape index (κ3) is 7.07. The average Bonchev–Trinajstić information content (AvgIpc) is 3.44. The molecule has 7 heteroatoms. The summed E-state index contributed by atoms with van der Waals surface area (Å²) in [6.07, 6.45) is 11.2. The molecular weight excluding hydrogens is 524 g/mol. The van der Waals surface area contributed by atoms with Gasteiger partial charge in [0, 0.05) is 29.4 Å². The first-order chi connectivity index (χ1) is 19.9. The van der Waals surface area contributed by atoms with Gasteiger partial charge in [0.15, 0.2) is 0 Å². The number of fused-ring (bicyclic) bond motifs is 2. The van der Waals surface area contributed by atoms with Crippen LogP contribution in [0.4, 0.5) is 17.2 Å². The number of benzene rings is 2. The number of aromatic amines is 1. The first-order valence-electron chi connectivity index (χ1n) is 14.7. The SMILES string of the molecule is CC/C=C(Nc1ccc(C2=CC(CC)N2C)cc1)/C(C#N)=C(/C)CCC.CCc1ccc2c(c1)Nc1[nH]cnc1S2. The van der Waals surface area contributed by atoms with Crippen LogP contribution in [0.3, 0.4) is 0 Å². The Hall–Kier alpha value is -3.89. The highest BCUT2D eigenvalue weighted by Gasteiger charge is 2.24. The Kier molecular flexibility index (Phi) is 10.4. The number of allylic oxidation sites excluding steroid dienone is 3. The Balaban J connectivity index is 0.000000216. The second-order valence-electron chi connectivity index (χ2n) is 10.4. The predicted octanol–water partition coefficient (Wildman–Crippen LogP) is 9.28. The molecule has 6 nitrogen and oxygen atoms in total. The molecule has 1 atom stereocenters. The smallest absolute Gasteiger partial charge is 0.143 e. The van der Waals surface area contributed by atoms with E-state index in [1.807, 2.05) is 0 Å². The van der Waals surface area contributed by atoms with Gasteiger partial charge in [-0.2, -0.15) is 5.26 Å². The molecule has 3 heterocycles. The number of rotatable bonds is 9. The summed E-state index contributed by atoms with van der Waals surface area (Å²) in [5, 5.41) is 17.5. The maximum Gasteiger partial charge on any atom is 0.143 e. The lowest BCUT2D eigenvalue weighted by Gasteiger charge is -2.38. The minimum Gasteiger partial charge on any atom is -0.368 e. The Labute approximate surface area is 249 Å². The van der Waals surface area contributed by atoms with Gasteiger partial charge in [-0.25, -0.2) is 4.98 Å². The molecule has 0 aliphatic carbocycles. The maximum absolute atomic E-state index is 9.63. The molecular formula is C34H42N6S. The van der Waals surface area contributed by atoms with E-state index in [1.165, 1.54) is 27.4 Å². The Morgan fingerprint density at radius 1 is 1.15 bits per heavy atom. The van der Waals surface area contributed by atoms with E-state index in [2.05, 4.69) is 128 Å². The van der Waals surface area contributed by atoms with Gasteiger partial charge in [-0.1, -0.05) is 75.7 Å². The molecule has 2 aliphatic rings. The zero-order chi connectivity index (χ0) is 29.4. The van der Waals surface area contributed by atoms with E-state index in [9.17, 15) is 5.26 Å². The molecule has 0 bridgehead atoms. The number of nitriles is 1. The van der Waals surface area contributed by atoms with Crippen molar-refractivity contribution in [2.45, 2.75) is 82.7 Å². The van der Waals surface area contributed by atoms with E-state index >= 15 is 0 Å². The van der Waals surface area contributed by atoms with Gasteiger partial charge in [-0.05, 0) is 74.1 Å². The molecule has 3 N–H and O–H groups in total. The zero-order valence-corrected chi connectivity index (χ0v) is 26.0. The van der Waals surface area contributed by atoms with E-state index < -0.39 is 0 Å². The molecule has 0 spiro atoms. The minimum atomic E-state index is 0.562. The number of hydrogen-bond acceptors (Lipinski definition) is 6. The Bertz CT molecular complexity index is 1470. The molecule has 41 heavy (non-hydrogen) atoms. The standard InChI is InChI=1S/C23H31N3.C11H11N3S/c1-6-9-17(4)21(16-24)22(10-7-2)25-19-13-11-18(12-14-19)23-15-20(8-3)26(23)5;1-2-7-3-4-9-8(5-7)14-10-11(15-9)13-6-12-10/h10-15,20,25H,6-9H2,1-5H3;3-6,14H,2H2,1H3,(H,12,13)/b21-17-,22-10-;. The van der Waals surface area contributed by atoms with E-state index in [1.54, 1.807) is 18.1 Å². The van der Waals surface area contributed by atoms with Crippen molar-refractivity contribution >= 4 is 34.7 Å². The van der Waals surface area contributed by atoms with E-state index in [4.69, 9.17) is 0 Å². The summed E-state index contributed by atoms with van der Waals surface area (Å²) in [7, 11) is 2.15. The van der Waals surface area contributed by atoms with Crippen molar-refractivity contribution in [2.24, 2.45) is 0 Å². The fraction of sp³-hybridized carbons (Fsp3) is 0.353. The number of imidazole rings is 1. The summed E-state index contributed by atoms with van der Waals surface area (Å²) in [5.74, 6) is 1.00.